The predicted octanol–water partition coefficient (Wildman–Crippen LogP) is 4.90. The molecule has 16 heavy (non-hydrogen) atoms. The quantitative estimate of drug-likeness (QED) is 0.633. The van der Waals surface area contributed by atoms with Crippen LogP contribution in [0.25, 0.3) is 0 Å². The number of hydrogen-bond donors (Lipinski definition) is 0. The molecule has 0 saturated carbocycles. The van der Waals surface area contributed by atoms with Crippen LogP contribution < -0.4 is 0 Å². The summed E-state index contributed by atoms with van der Waals surface area (Å²) in [5.74, 6) is 0.183. The Balaban J connectivity index is 2.86. The monoisotopic (exact) mass is 220 g/mol. The van der Waals surface area contributed by atoms with Gasteiger partial charge in [0.25, 0.3) is 0 Å². The molecule has 0 nitrogen and oxygen atoms in total. The van der Waals surface area contributed by atoms with Gasteiger partial charge in [0.15, 0.2) is 0 Å². The summed E-state index contributed by atoms with van der Waals surface area (Å²) in [5.41, 5.74) is 3.03. The maximum Gasteiger partial charge on any atom is 0.126 e. The zero-order chi connectivity index (χ0) is 12.1. The van der Waals surface area contributed by atoms with Crippen LogP contribution in [0.15, 0.2) is 24.3 Å². The minimum Gasteiger partial charge on any atom is -0.207 e. The highest BCUT2D eigenvalue weighted by atomic mass is 19.1. The van der Waals surface area contributed by atoms with Crippen LogP contribution in [0.5, 0.6) is 0 Å². The molecular formula is C15H21F. The Morgan fingerprint density at radius 2 is 1.81 bits per heavy atom. The van der Waals surface area contributed by atoms with Gasteiger partial charge in [-0.05, 0) is 55.4 Å². The molecule has 0 bridgehead atoms. The van der Waals surface area contributed by atoms with Gasteiger partial charge in [-0.1, -0.05) is 32.1 Å². The Morgan fingerprint density at radius 1 is 1.19 bits per heavy atom. The van der Waals surface area contributed by atoms with Gasteiger partial charge in [0.05, 0.1) is 0 Å². The maximum absolute atomic E-state index is 13.8. The fourth-order valence-electron chi connectivity index (χ4n) is 1.77. The molecule has 1 rings (SSSR count). The molecule has 1 heteroatoms. The van der Waals surface area contributed by atoms with E-state index < -0.39 is 0 Å². The van der Waals surface area contributed by atoms with E-state index in [-0.39, 0.29) is 11.7 Å². The lowest BCUT2D eigenvalue weighted by atomic mass is 9.94. The molecule has 1 unspecified atom stereocenters. The lowest BCUT2D eigenvalue weighted by Crippen LogP contribution is -1.98. The summed E-state index contributed by atoms with van der Waals surface area (Å²) in [4.78, 5) is 0. The lowest BCUT2D eigenvalue weighted by Gasteiger charge is -2.13. The first-order valence-corrected chi connectivity index (χ1v) is 5.97. The standard InChI is InChI=1S/C15H21F/c1-5-6-7-8-11(2)14-9-12(3)13(4)10-15(14)16/h6-7,9-11H,5,8H2,1-4H3/b7-6-. The first kappa shape index (κ1) is 13.0. The molecule has 1 aromatic carbocycles. The number of aryl methyl sites for hydroxylation is 2. The van der Waals surface area contributed by atoms with E-state index in [2.05, 4.69) is 26.0 Å². The van der Waals surface area contributed by atoms with E-state index in [1.165, 1.54) is 5.56 Å². The van der Waals surface area contributed by atoms with Crippen LogP contribution >= 0.6 is 0 Å². The van der Waals surface area contributed by atoms with Gasteiger partial charge in [0, 0.05) is 0 Å². The van der Waals surface area contributed by atoms with Crippen LogP contribution in [-0.4, -0.2) is 0 Å². The first-order chi connectivity index (χ1) is 7.56. The second kappa shape index (κ2) is 5.83. The molecule has 0 radical (unpaired) electrons. The van der Waals surface area contributed by atoms with Crippen molar-refractivity contribution in [3.63, 3.8) is 0 Å². The van der Waals surface area contributed by atoms with Crippen molar-refractivity contribution < 1.29 is 4.39 Å². The summed E-state index contributed by atoms with van der Waals surface area (Å²) >= 11 is 0. The van der Waals surface area contributed by atoms with Gasteiger partial charge in [0.1, 0.15) is 5.82 Å². The number of rotatable bonds is 4. The minimum absolute atomic E-state index is 0.0690. The first-order valence-electron chi connectivity index (χ1n) is 5.97. The van der Waals surface area contributed by atoms with Gasteiger partial charge in [-0.25, -0.2) is 4.39 Å². The average Bonchev–Trinajstić information content (AvgIpc) is 2.23. The molecule has 1 atom stereocenters. The van der Waals surface area contributed by atoms with Crippen molar-refractivity contribution in [3.8, 4) is 0 Å². The van der Waals surface area contributed by atoms with Crippen LogP contribution in [-0.2, 0) is 0 Å². The molecule has 0 N–H and O–H groups in total. The van der Waals surface area contributed by atoms with Crippen LogP contribution in [0.1, 0.15) is 49.3 Å². The Labute approximate surface area is 98.2 Å². The van der Waals surface area contributed by atoms with Gasteiger partial charge in [-0.3, -0.25) is 0 Å². The topological polar surface area (TPSA) is 0 Å². The summed E-state index contributed by atoms with van der Waals surface area (Å²) in [6.45, 7) is 8.17. The summed E-state index contributed by atoms with van der Waals surface area (Å²) in [6, 6.07) is 3.62. The third-order valence-electron chi connectivity index (χ3n) is 3.04. The van der Waals surface area contributed by atoms with E-state index in [4.69, 9.17) is 0 Å². The molecule has 0 amide bonds. The Bertz CT molecular complexity index is 377. The molecule has 0 saturated heterocycles. The van der Waals surface area contributed by atoms with Gasteiger partial charge in [0.2, 0.25) is 0 Å². The molecule has 1 aromatic rings. The highest BCUT2D eigenvalue weighted by Crippen LogP contribution is 2.25. The lowest BCUT2D eigenvalue weighted by molar-refractivity contribution is 0.588. The largest absolute Gasteiger partial charge is 0.207 e. The van der Waals surface area contributed by atoms with Gasteiger partial charge in [-0.2, -0.15) is 0 Å². The van der Waals surface area contributed by atoms with E-state index in [0.29, 0.717) is 0 Å². The summed E-state index contributed by atoms with van der Waals surface area (Å²) in [6.07, 6.45) is 6.23. The second-order valence-electron chi connectivity index (χ2n) is 4.47. The zero-order valence-electron chi connectivity index (χ0n) is 10.7. The minimum atomic E-state index is -0.0690. The molecule has 88 valence electrons. The van der Waals surface area contributed by atoms with Crippen molar-refractivity contribution in [2.75, 3.05) is 0 Å². The van der Waals surface area contributed by atoms with E-state index in [1.54, 1.807) is 6.07 Å². The van der Waals surface area contributed by atoms with Gasteiger partial charge < -0.3 is 0 Å². The van der Waals surface area contributed by atoms with Crippen molar-refractivity contribution in [2.24, 2.45) is 0 Å². The number of halogens is 1. The van der Waals surface area contributed by atoms with E-state index in [0.717, 1.165) is 24.0 Å². The molecule has 0 aliphatic rings. The summed E-state index contributed by atoms with van der Waals surface area (Å²) in [5, 5.41) is 0. The predicted molar refractivity (Wildman–Crippen MR) is 68.3 cm³/mol. The molecule has 0 aliphatic heterocycles. The Hall–Kier alpha value is -1.11. The molecule has 0 aromatic heterocycles. The average molecular weight is 220 g/mol. The van der Waals surface area contributed by atoms with Crippen LogP contribution in [0, 0.1) is 19.7 Å². The van der Waals surface area contributed by atoms with Crippen LogP contribution in [0.4, 0.5) is 4.39 Å². The SMILES string of the molecule is CC/C=C\CC(C)c1cc(C)c(C)cc1F. The normalized spacial score (nSPS) is 13.3. The molecule has 0 heterocycles. The molecule has 0 aliphatic carbocycles. The third kappa shape index (κ3) is 3.19. The number of benzene rings is 1. The fraction of sp³-hybridized carbons (Fsp3) is 0.467. The van der Waals surface area contributed by atoms with Crippen molar-refractivity contribution in [2.45, 2.75) is 46.5 Å². The van der Waals surface area contributed by atoms with Crippen molar-refractivity contribution >= 4 is 0 Å². The highest BCUT2D eigenvalue weighted by Gasteiger charge is 2.11. The van der Waals surface area contributed by atoms with Gasteiger partial charge in [-0.15, -0.1) is 0 Å². The molecular weight excluding hydrogens is 199 g/mol. The van der Waals surface area contributed by atoms with Crippen molar-refractivity contribution in [3.05, 3.63) is 46.8 Å². The summed E-state index contributed by atoms with van der Waals surface area (Å²) < 4.78 is 13.8. The number of hydrogen-bond acceptors (Lipinski definition) is 0. The van der Waals surface area contributed by atoms with Crippen molar-refractivity contribution in [1.29, 1.82) is 0 Å². The third-order valence-corrected chi connectivity index (χ3v) is 3.04. The maximum atomic E-state index is 13.8. The van der Waals surface area contributed by atoms with E-state index in [1.807, 2.05) is 19.9 Å². The molecule has 0 fully saturated rings. The smallest absolute Gasteiger partial charge is 0.126 e. The summed E-state index contributed by atoms with van der Waals surface area (Å²) in [7, 11) is 0. The second-order valence-corrected chi connectivity index (χ2v) is 4.47. The van der Waals surface area contributed by atoms with Crippen LogP contribution in [0.2, 0.25) is 0 Å². The fourth-order valence-corrected chi connectivity index (χ4v) is 1.77. The highest BCUT2D eigenvalue weighted by molar-refractivity contribution is 5.33. The van der Waals surface area contributed by atoms with Crippen molar-refractivity contribution in [1.82, 2.24) is 0 Å². The number of allylic oxidation sites excluding steroid dienone is 2. The molecule has 0 spiro atoms. The van der Waals surface area contributed by atoms with Crippen LogP contribution in [0.3, 0.4) is 0 Å². The van der Waals surface area contributed by atoms with Gasteiger partial charge >= 0.3 is 0 Å². The van der Waals surface area contributed by atoms with E-state index >= 15 is 0 Å². The Morgan fingerprint density at radius 3 is 2.44 bits per heavy atom. The van der Waals surface area contributed by atoms with E-state index in [9.17, 15) is 4.39 Å². The zero-order valence-corrected chi connectivity index (χ0v) is 10.7. The Kier molecular flexibility index (Phi) is 4.72.